The van der Waals surface area contributed by atoms with Gasteiger partial charge >= 0.3 is 0 Å². The first kappa shape index (κ1) is 15.1. The van der Waals surface area contributed by atoms with Crippen LogP contribution in [0.15, 0.2) is 39.7 Å². The van der Waals surface area contributed by atoms with E-state index >= 15 is 0 Å². The fourth-order valence-electron chi connectivity index (χ4n) is 3.01. The van der Waals surface area contributed by atoms with Crippen molar-refractivity contribution >= 4 is 39.9 Å². The lowest BCUT2D eigenvalue weighted by molar-refractivity contribution is -0.131. The van der Waals surface area contributed by atoms with Crippen LogP contribution < -0.4 is 0 Å². The molecule has 1 saturated heterocycles. The Kier molecular flexibility index (Phi) is 4.29. The van der Waals surface area contributed by atoms with E-state index in [2.05, 4.69) is 39.3 Å². The van der Waals surface area contributed by atoms with Crippen molar-refractivity contribution in [1.82, 2.24) is 9.88 Å². The summed E-state index contributed by atoms with van der Waals surface area (Å²) in [6.07, 6.45) is 2.57. The second-order valence-electron chi connectivity index (χ2n) is 5.59. The molecule has 0 bridgehead atoms. The monoisotopic (exact) mass is 360 g/mol. The van der Waals surface area contributed by atoms with Crippen LogP contribution in [0.2, 0.25) is 0 Å². The van der Waals surface area contributed by atoms with Crippen molar-refractivity contribution < 1.29 is 4.79 Å². The van der Waals surface area contributed by atoms with E-state index in [0.29, 0.717) is 6.42 Å². The molecule has 3 aromatic rings. The van der Waals surface area contributed by atoms with E-state index in [9.17, 15) is 4.79 Å². The molecule has 1 atom stereocenters. The number of aromatic nitrogens is 1. The van der Waals surface area contributed by atoms with Crippen LogP contribution in [0.4, 0.5) is 0 Å². The highest BCUT2D eigenvalue weighted by atomic mass is 32.1. The second kappa shape index (κ2) is 6.55. The summed E-state index contributed by atoms with van der Waals surface area (Å²) in [5.74, 6) is 0.197. The molecule has 1 aliphatic rings. The van der Waals surface area contributed by atoms with Gasteiger partial charge in [-0.2, -0.15) is 11.3 Å². The fourth-order valence-corrected chi connectivity index (χ4v) is 5.41. The van der Waals surface area contributed by atoms with E-state index in [4.69, 9.17) is 0 Å². The quantitative estimate of drug-likeness (QED) is 0.667. The van der Waals surface area contributed by atoms with Crippen LogP contribution in [0.5, 0.6) is 0 Å². The molecule has 0 radical (unpaired) electrons. The van der Waals surface area contributed by atoms with Gasteiger partial charge in [0.05, 0.1) is 18.2 Å². The summed E-state index contributed by atoms with van der Waals surface area (Å²) in [5.41, 5.74) is 2.04. The minimum absolute atomic E-state index is 0.197. The number of thiazole rings is 1. The Morgan fingerprint density at radius 1 is 1.26 bits per heavy atom. The van der Waals surface area contributed by atoms with E-state index in [0.717, 1.165) is 35.7 Å². The molecule has 4 rings (SSSR count). The van der Waals surface area contributed by atoms with Gasteiger partial charge in [-0.15, -0.1) is 22.7 Å². The van der Waals surface area contributed by atoms with Gasteiger partial charge in [-0.3, -0.25) is 4.79 Å². The molecule has 0 saturated carbocycles. The third-order valence-electron chi connectivity index (χ3n) is 4.10. The van der Waals surface area contributed by atoms with E-state index < -0.39 is 0 Å². The smallest absolute Gasteiger partial charge is 0.229 e. The second-order valence-corrected chi connectivity index (χ2v) is 8.21. The molecule has 0 aromatic carbocycles. The molecule has 0 unspecified atom stereocenters. The minimum Gasteiger partial charge on any atom is -0.335 e. The average Bonchev–Trinajstić information content (AvgIpc) is 3.30. The maximum atomic E-state index is 12.7. The first-order valence-corrected chi connectivity index (χ1v) is 10.3. The van der Waals surface area contributed by atoms with Gasteiger partial charge in [-0.25, -0.2) is 4.98 Å². The summed E-state index contributed by atoms with van der Waals surface area (Å²) >= 11 is 5.03. The summed E-state index contributed by atoms with van der Waals surface area (Å²) in [6, 6.07) is 6.53. The molecular formula is C17H16N2OS3. The first-order valence-electron chi connectivity index (χ1n) is 7.61. The standard InChI is InChI=1S/C17H16N2OS3/c20-16(19-6-1-3-14(19)15-4-2-7-22-15)9-13-11-23-17(18-13)12-5-8-21-10-12/h2,4-5,7-8,10-11,14H,1,3,6,9H2/t14-/m0/s1. The number of hydrogen-bond donors (Lipinski definition) is 0. The van der Waals surface area contributed by atoms with Crippen molar-refractivity contribution in [1.29, 1.82) is 0 Å². The lowest BCUT2D eigenvalue weighted by Gasteiger charge is -2.23. The van der Waals surface area contributed by atoms with Gasteiger partial charge in [-0.05, 0) is 35.7 Å². The highest BCUT2D eigenvalue weighted by Gasteiger charge is 2.30. The number of amides is 1. The van der Waals surface area contributed by atoms with Crippen LogP contribution in [-0.4, -0.2) is 22.3 Å². The molecule has 6 heteroatoms. The number of likely N-dealkylation sites (tertiary alicyclic amines) is 1. The van der Waals surface area contributed by atoms with E-state index in [1.807, 2.05) is 10.3 Å². The molecule has 4 heterocycles. The van der Waals surface area contributed by atoms with Crippen molar-refractivity contribution in [3.8, 4) is 10.6 Å². The van der Waals surface area contributed by atoms with Crippen molar-refractivity contribution in [3.63, 3.8) is 0 Å². The Bertz CT molecular complexity index is 777. The van der Waals surface area contributed by atoms with Crippen LogP contribution in [0.3, 0.4) is 0 Å². The van der Waals surface area contributed by atoms with Gasteiger partial charge in [0, 0.05) is 27.7 Å². The number of carbonyl (C=O) groups is 1. The van der Waals surface area contributed by atoms with Gasteiger partial charge in [-0.1, -0.05) is 6.07 Å². The molecule has 3 nitrogen and oxygen atoms in total. The lowest BCUT2D eigenvalue weighted by Crippen LogP contribution is -2.31. The fraction of sp³-hybridized carbons (Fsp3) is 0.294. The zero-order valence-corrected chi connectivity index (χ0v) is 14.9. The molecule has 0 spiro atoms. The lowest BCUT2D eigenvalue weighted by atomic mass is 10.2. The van der Waals surface area contributed by atoms with Crippen LogP contribution in [0.1, 0.15) is 29.5 Å². The van der Waals surface area contributed by atoms with Crippen molar-refractivity contribution in [2.75, 3.05) is 6.54 Å². The van der Waals surface area contributed by atoms with Crippen LogP contribution in [0.25, 0.3) is 10.6 Å². The van der Waals surface area contributed by atoms with Crippen molar-refractivity contribution in [2.45, 2.75) is 25.3 Å². The summed E-state index contributed by atoms with van der Waals surface area (Å²) in [4.78, 5) is 20.7. The predicted molar refractivity (Wildman–Crippen MR) is 97.1 cm³/mol. The Morgan fingerprint density at radius 2 is 2.22 bits per heavy atom. The number of thiophene rings is 2. The molecule has 23 heavy (non-hydrogen) atoms. The first-order chi connectivity index (χ1) is 11.3. The topological polar surface area (TPSA) is 33.2 Å². The molecule has 118 valence electrons. The van der Waals surface area contributed by atoms with Gasteiger partial charge in [0.1, 0.15) is 5.01 Å². The maximum absolute atomic E-state index is 12.7. The highest BCUT2D eigenvalue weighted by Crippen LogP contribution is 2.35. The summed E-state index contributed by atoms with van der Waals surface area (Å²) in [6.45, 7) is 0.864. The van der Waals surface area contributed by atoms with Gasteiger partial charge in [0.2, 0.25) is 5.91 Å². The van der Waals surface area contributed by atoms with Crippen molar-refractivity contribution in [2.24, 2.45) is 0 Å². The van der Waals surface area contributed by atoms with Gasteiger partial charge in [0.25, 0.3) is 0 Å². The van der Waals surface area contributed by atoms with E-state index in [-0.39, 0.29) is 11.9 Å². The Balaban J connectivity index is 1.47. The Hall–Kier alpha value is -1.50. The third-order valence-corrected chi connectivity index (χ3v) is 6.69. The number of nitrogens with zero attached hydrogens (tertiary/aromatic N) is 2. The Labute approximate surface area is 147 Å². The van der Waals surface area contributed by atoms with Gasteiger partial charge in [0.15, 0.2) is 0 Å². The predicted octanol–water partition coefficient (Wildman–Crippen LogP) is 4.84. The molecule has 3 aromatic heterocycles. The maximum Gasteiger partial charge on any atom is 0.229 e. The normalized spacial score (nSPS) is 17.7. The molecule has 0 N–H and O–H groups in total. The number of carbonyl (C=O) groups excluding carboxylic acids is 1. The number of rotatable bonds is 4. The Morgan fingerprint density at radius 3 is 3.00 bits per heavy atom. The van der Waals surface area contributed by atoms with Gasteiger partial charge < -0.3 is 4.90 Å². The minimum atomic E-state index is 0.197. The largest absolute Gasteiger partial charge is 0.335 e. The molecule has 1 amide bonds. The van der Waals surface area contributed by atoms with Crippen LogP contribution in [-0.2, 0) is 11.2 Å². The zero-order chi connectivity index (χ0) is 15.6. The van der Waals surface area contributed by atoms with Crippen LogP contribution >= 0.6 is 34.0 Å². The van der Waals surface area contributed by atoms with Crippen molar-refractivity contribution in [3.05, 3.63) is 50.3 Å². The molecule has 1 aliphatic heterocycles. The SMILES string of the molecule is O=C(Cc1csc(-c2ccsc2)n1)N1CCC[C@H]1c1cccs1. The molecule has 0 aliphatic carbocycles. The summed E-state index contributed by atoms with van der Waals surface area (Å²) in [7, 11) is 0. The average molecular weight is 361 g/mol. The van der Waals surface area contributed by atoms with E-state index in [1.165, 1.54) is 4.88 Å². The van der Waals surface area contributed by atoms with Crippen LogP contribution in [0, 0.1) is 0 Å². The molecular weight excluding hydrogens is 344 g/mol. The third kappa shape index (κ3) is 3.11. The zero-order valence-electron chi connectivity index (χ0n) is 12.5. The number of hydrogen-bond acceptors (Lipinski definition) is 5. The highest BCUT2D eigenvalue weighted by molar-refractivity contribution is 7.14. The summed E-state index contributed by atoms with van der Waals surface area (Å²) < 4.78 is 0. The molecule has 1 fully saturated rings. The summed E-state index contributed by atoms with van der Waals surface area (Å²) in [5, 5.41) is 9.26. The van der Waals surface area contributed by atoms with E-state index in [1.54, 1.807) is 34.0 Å².